The number of carbonyl (C=O) groups is 1. The summed E-state index contributed by atoms with van der Waals surface area (Å²) in [5, 5.41) is 14.9. The molecule has 138 valence electrons. The van der Waals surface area contributed by atoms with E-state index in [9.17, 15) is 4.79 Å². The molecule has 1 atom stereocenters. The maximum Gasteiger partial charge on any atom is 0.241 e. The first-order valence-corrected chi connectivity index (χ1v) is 9.19. The minimum absolute atomic E-state index is 0.00956. The minimum Gasteiger partial charge on any atom is -0.325 e. The first-order valence-electron chi connectivity index (χ1n) is 8.82. The molecule has 1 saturated heterocycles. The van der Waals surface area contributed by atoms with Crippen LogP contribution in [0.15, 0.2) is 54.9 Å². The van der Waals surface area contributed by atoms with E-state index in [2.05, 4.69) is 25.7 Å². The Kier molecular flexibility index (Phi) is 5.13. The highest BCUT2D eigenvalue weighted by molar-refractivity contribution is 6.30. The van der Waals surface area contributed by atoms with E-state index in [1.54, 1.807) is 4.68 Å². The fourth-order valence-corrected chi connectivity index (χ4v) is 3.49. The molecule has 1 aliphatic heterocycles. The van der Waals surface area contributed by atoms with E-state index < -0.39 is 0 Å². The van der Waals surface area contributed by atoms with Gasteiger partial charge in [0.05, 0.1) is 11.7 Å². The zero-order valence-electron chi connectivity index (χ0n) is 14.6. The summed E-state index contributed by atoms with van der Waals surface area (Å²) in [6.45, 7) is 1.64. The van der Waals surface area contributed by atoms with E-state index in [0.29, 0.717) is 0 Å². The highest BCUT2D eigenvalue weighted by Gasteiger charge is 2.30. The fourth-order valence-electron chi connectivity index (χ4n) is 3.37. The Morgan fingerprint density at radius 3 is 2.85 bits per heavy atom. The van der Waals surface area contributed by atoms with Crippen molar-refractivity contribution in [3.05, 3.63) is 65.4 Å². The Bertz CT molecular complexity index is 912. The Morgan fingerprint density at radius 1 is 1.22 bits per heavy atom. The van der Waals surface area contributed by atoms with Crippen molar-refractivity contribution in [2.24, 2.45) is 0 Å². The van der Waals surface area contributed by atoms with Crippen LogP contribution in [0.5, 0.6) is 0 Å². The minimum atomic E-state index is -0.141. The SMILES string of the molecule is O=C(Nc1cccc(-n2cnnn2)c1)[C@H]1CCCN1Cc1ccc(Cl)cc1. The molecular weight excluding hydrogens is 364 g/mol. The molecule has 0 radical (unpaired) electrons. The molecule has 0 saturated carbocycles. The van der Waals surface area contributed by atoms with Gasteiger partial charge in [-0.05, 0) is 65.7 Å². The molecule has 0 bridgehead atoms. The van der Waals surface area contributed by atoms with E-state index in [4.69, 9.17) is 11.6 Å². The standard InChI is InChI=1S/C19H19ClN6O/c20-15-8-6-14(7-9-15)12-25-10-2-5-18(25)19(27)22-16-3-1-4-17(11-16)26-13-21-23-24-26/h1,3-4,6-9,11,13,18H,2,5,10,12H2,(H,22,27)/t18-/m1/s1. The van der Waals surface area contributed by atoms with Crippen LogP contribution in [-0.2, 0) is 11.3 Å². The normalized spacial score (nSPS) is 17.1. The molecule has 7 nitrogen and oxygen atoms in total. The molecule has 0 unspecified atom stereocenters. The molecule has 0 spiro atoms. The van der Waals surface area contributed by atoms with Crippen molar-refractivity contribution in [3.8, 4) is 5.69 Å². The van der Waals surface area contributed by atoms with Gasteiger partial charge in [0.25, 0.3) is 0 Å². The van der Waals surface area contributed by atoms with Gasteiger partial charge in [0, 0.05) is 17.3 Å². The predicted molar refractivity (Wildman–Crippen MR) is 103 cm³/mol. The van der Waals surface area contributed by atoms with Gasteiger partial charge in [-0.15, -0.1) is 5.10 Å². The topological polar surface area (TPSA) is 75.9 Å². The molecule has 3 aromatic rings. The Balaban J connectivity index is 1.44. The van der Waals surface area contributed by atoms with Gasteiger partial charge in [-0.25, -0.2) is 4.68 Å². The Morgan fingerprint density at radius 2 is 2.07 bits per heavy atom. The van der Waals surface area contributed by atoms with Gasteiger partial charge in [-0.1, -0.05) is 29.8 Å². The average Bonchev–Trinajstić information content (AvgIpc) is 3.36. The summed E-state index contributed by atoms with van der Waals surface area (Å²) in [5.74, 6) is 0.00956. The molecule has 4 rings (SSSR count). The maximum absolute atomic E-state index is 12.8. The third-order valence-electron chi connectivity index (χ3n) is 4.69. The molecular formula is C19H19ClN6O. The van der Waals surface area contributed by atoms with Crippen LogP contribution < -0.4 is 5.32 Å². The van der Waals surface area contributed by atoms with Crippen LogP contribution in [0, 0.1) is 0 Å². The lowest BCUT2D eigenvalue weighted by Gasteiger charge is -2.24. The highest BCUT2D eigenvalue weighted by atomic mass is 35.5. The second kappa shape index (κ2) is 7.85. The van der Waals surface area contributed by atoms with Crippen molar-refractivity contribution in [1.29, 1.82) is 0 Å². The molecule has 27 heavy (non-hydrogen) atoms. The highest BCUT2D eigenvalue weighted by Crippen LogP contribution is 2.23. The van der Waals surface area contributed by atoms with Crippen LogP contribution in [0.2, 0.25) is 5.02 Å². The quantitative estimate of drug-likeness (QED) is 0.734. The number of likely N-dealkylation sites (tertiary alicyclic amines) is 1. The van der Waals surface area contributed by atoms with Gasteiger partial charge in [-0.3, -0.25) is 9.69 Å². The largest absolute Gasteiger partial charge is 0.325 e. The lowest BCUT2D eigenvalue weighted by molar-refractivity contribution is -0.120. The number of halogens is 1. The van der Waals surface area contributed by atoms with Crippen LogP contribution in [0.25, 0.3) is 5.69 Å². The molecule has 2 heterocycles. The van der Waals surface area contributed by atoms with Crippen molar-refractivity contribution in [2.45, 2.75) is 25.4 Å². The number of amides is 1. The summed E-state index contributed by atoms with van der Waals surface area (Å²) in [4.78, 5) is 15.1. The first kappa shape index (κ1) is 17.6. The van der Waals surface area contributed by atoms with Crippen LogP contribution in [0.1, 0.15) is 18.4 Å². The third kappa shape index (κ3) is 4.15. The van der Waals surface area contributed by atoms with Crippen molar-refractivity contribution >= 4 is 23.2 Å². The van der Waals surface area contributed by atoms with Gasteiger partial charge in [0.2, 0.25) is 5.91 Å². The number of nitrogens with one attached hydrogen (secondary N) is 1. The summed E-state index contributed by atoms with van der Waals surface area (Å²) in [6, 6.07) is 15.1. The molecule has 1 amide bonds. The van der Waals surface area contributed by atoms with Crippen LogP contribution in [0.3, 0.4) is 0 Å². The monoisotopic (exact) mass is 382 g/mol. The van der Waals surface area contributed by atoms with Crippen LogP contribution in [-0.4, -0.2) is 43.6 Å². The average molecular weight is 383 g/mol. The summed E-state index contributed by atoms with van der Waals surface area (Å²) in [5.41, 5.74) is 2.67. The molecule has 1 aromatic heterocycles. The number of hydrogen-bond acceptors (Lipinski definition) is 5. The second-order valence-corrected chi connectivity index (χ2v) is 6.99. The molecule has 1 N–H and O–H groups in total. The van der Waals surface area contributed by atoms with Crippen molar-refractivity contribution in [2.75, 3.05) is 11.9 Å². The first-order chi connectivity index (χ1) is 13.2. The number of rotatable bonds is 5. The van der Waals surface area contributed by atoms with E-state index in [-0.39, 0.29) is 11.9 Å². The fraction of sp³-hybridized carbons (Fsp3) is 0.263. The maximum atomic E-state index is 12.8. The lowest BCUT2D eigenvalue weighted by Crippen LogP contribution is -2.39. The van der Waals surface area contributed by atoms with Crippen LogP contribution in [0.4, 0.5) is 5.69 Å². The third-order valence-corrected chi connectivity index (χ3v) is 4.94. The van der Waals surface area contributed by atoms with E-state index in [1.807, 2.05) is 48.5 Å². The summed E-state index contributed by atoms with van der Waals surface area (Å²) >= 11 is 5.96. The number of benzene rings is 2. The van der Waals surface area contributed by atoms with Gasteiger partial charge < -0.3 is 5.32 Å². The molecule has 1 aliphatic rings. The van der Waals surface area contributed by atoms with Crippen molar-refractivity contribution in [3.63, 3.8) is 0 Å². The predicted octanol–water partition coefficient (Wildman–Crippen LogP) is 2.92. The van der Waals surface area contributed by atoms with E-state index >= 15 is 0 Å². The number of tetrazole rings is 1. The van der Waals surface area contributed by atoms with Crippen LogP contribution >= 0.6 is 11.6 Å². The summed E-state index contributed by atoms with van der Waals surface area (Å²) in [6.07, 6.45) is 3.38. The number of nitrogens with zero attached hydrogens (tertiary/aromatic N) is 5. The second-order valence-electron chi connectivity index (χ2n) is 6.55. The van der Waals surface area contributed by atoms with Gasteiger partial charge in [0.1, 0.15) is 6.33 Å². The Labute approximate surface area is 161 Å². The summed E-state index contributed by atoms with van der Waals surface area (Å²) < 4.78 is 1.55. The number of anilines is 1. The van der Waals surface area contributed by atoms with Gasteiger partial charge in [-0.2, -0.15) is 0 Å². The van der Waals surface area contributed by atoms with E-state index in [1.165, 1.54) is 6.33 Å². The lowest BCUT2D eigenvalue weighted by atomic mass is 10.1. The van der Waals surface area contributed by atoms with E-state index in [0.717, 1.165) is 47.9 Å². The zero-order valence-corrected chi connectivity index (χ0v) is 15.4. The smallest absolute Gasteiger partial charge is 0.241 e. The van der Waals surface area contributed by atoms with Crippen molar-refractivity contribution in [1.82, 2.24) is 25.1 Å². The number of aromatic nitrogens is 4. The molecule has 2 aromatic carbocycles. The van der Waals surface area contributed by atoms with Crippen molar-refractivity contribution < 1.29 is 4.79 Å². The Hall–Kier alpha value is -2.77. The molecule has 8 heteroatoms. The molecule has 1 fully saturated rings. The number of hydrogen-bond donors (Lipinski definition) is 1. The van der Waals surface area contributed by atoms with Gasteiger partial charge in [0.15, 0.2) is 0 Å². The summed E-state index contributed by atoms with van der Waals surface area (Å²) in [7, 11) is 0. The molecule has 0 aliphatic carbocycles. The number of carbonyl (C=O) groups excluding carboxylic acids is 1. The zero-order chi connectivity index (χ0) is 18.6. The van der Waals surface area contributed by atoms with Gasteiger partial charge >= 0.3 is 0 Å².